The summed E-state index contributed by atoms with van der Waals surface area (Å²) < 4.78 is 12.0. The van der Waals surface area contributed by atoms with Gasteiger partial charge >= 0.3 is 5.97 Å². The molecule has 4 rings (SSSR count). The molecule has 3 aliphatic heterocycles. The number of nitrogens with zero attached hydrogens (tertiary/aromatic N) is 2. The van der Waals surface area contributed by atoms with Gasteiger partial charge in [-0.1, -0.05) is 23.3 Å². The van der Waals surface area contributed by atoms with E-state index in [-0.39, 0.29) is 29.7 Å². The topological polar surface area (TPSA) is 63.5 Å². The molecule has 0 saturated carbocycles. The van der Waals surface area contributed by atoms with Gasteiger partial charge in [0, 0.05) is 18.8 Å². The van der Waals surface area contributed by atoms with Crippen molar-refractivity contribution in [3.05, 3.63) is 23.3 Å². The number of hydrogen-bond donors (Lipinski definition) is 0. The predicted octanol–water partition coefficient (Wildman–Crippen LogP) is 4.53. The molecule has 0 aromatic heterocycles. The maximum atomic E-state index is 12.7. The molecule has 5 heteroatoms. The number of hydrogen-bond acceptors (Lipinski definition) is 5. The third-order valence-electron chi connectivity index (χ3n) is 6.71. The molecule has 0 amide bonds. The van der Waals surface area contributed by atoms with E-state index in [1.807, 2.05) is 0 Å². The lowest BCUT2D eigenvalue weighted by Gasteiger charge is -2.25. The van der Waals surface area contributed by atoms with Gasteiger partial charge < -0.3 is 9.47 Å². The van der Waals surface area contributed by atoms with Gasteiger partial charge in [0.15, 0.2) is 5.54 Å². The quantitative estimate of drug-likeness (QED) is 0.363. The lowest BCUT2D eigenvalue weighted by molar-refractivity contribution is -0.145. The summed E-state index contributed by atoms with van der Waals surface area (Å²) in [5.74, 6) is -0.109. The van der Waals surface area contributed by atoms with Gasteiger partial charge in [-0.2, -0.15) is 10.2 Å². The maximum Gasteiger partial charge on any atom is 0.336 e. The summed E-state index contributed by atoms with van der Waals surface area (Å²) in [6.07, 6.45) is 11.3. The third-order valence-corrected chi connectivity index (χ3v) is 6.71. The molecule has 0 N–H and O–H groups in total. The summed E-state index contributed by atoms with van der Waals surface area (Å²) in [6.45, 7) is 7.19. The van der Waals surface area contributed by atoms with Crippen molar-refractivity contribution in [3.63, 3.8) is 0 Å². The second kappa shape index (κ2) is 6.59. The fourth-order valence-corrected chi connectivity index (χ4v) is 4.85. The molecular formula is C21H30N2O3. The van der Waals surface area contributed by atoms with Crippen LogP contribution in [0.3, 0.4) is 0 Å². The van der Waals surface area contributed by atoms with E-state index < -0.39 is 5.54 Å². The standard InChI is InChI=1S/C21H30N2O3/c1-14-6-4-7-15(2)12-17-16(13-18-20(3,26-18)9-5-8-14)21(19(24)25-17)10-11-22-23-21/h7-8,16-18H,4-6,9-13H2,1-3H3/b14-8+,15-7+/t16-,17+,18+,20-,21?/m1/s1. The predicted molar refractivity (Wildman–Crippen MR) is 98.9 cm³/mol. The molecule has 2 saturated heterocycles. The number of carbonyl (C=O) groups is 1. The molecule has 5 nitrogen and oxygen atoms in total. The highest BCUT2D eigenvalue weighted by atomic mass is 16.6. The minimum absolute atomic E-state index is 0.0663. The number of carbonyl (C=O) groups excluding carboxylic acids is 1. The normalized spacial score (nSPS) is 47.2. The lowest BCUT2D eigenvalue weighted by atomic mass is 9.76. The first-order valence-corrected chi connectivity index (χ1v) is 10.0. The van der Waals surface area contributed by atoms with E-state index >= 15 is 0 Å². The van der Waals surface area contributed by atoms with Crippen molar-refractivity contribution in [3.8, 4) is 0 Å². The molecule has 0 bridgehead atoms. The Bertz CT molecular complexity index is 683. The van der Waals surface area contributed by atoms with Crippen molar-refractivity contribution < 1.29 is 14.3 Å². The summed E-state index contributed by atoms with van der Waals surface area (Å²) in [7, 11) is 0. The zero-order valence-electron chi connectivity index (χ0n) is 16.2. The number of ether oxygens (including phenoxy) is 2. The average Bonchev–Trinajstić information content (AvgIpc) is 2.94. The van der Waals surface area contributed by atoms with Crippen molar-refractivity contribution >= 4 is 5.97 Å². The van der Waals surface area contributed by atoms with Gasteiger partial charge in [-0.25, -0.2) is 4.79 Å². The Morgan fingerprint density at radius 3 is 2.73 bits per heavy atom. The molecule has 0 aromatic rings. The molecule has 2 fully saturated rings. The van der Waals surface area contributed by atoms with Gasteiger partial charge in [0.2, 0.25) is 0 Å². The Labute approximate surface area is 155 Å². The second-order valence-corrected chi connectivity index (χ2v) is 8.73. The highest BCUT2D eigenvalue weighted by Gasteiger charge is 2.63. The van der Waals surface area contributed by atoms with Gasteiger partial charge in [0.05, 0.1) is 18.2 Å². The molecule has 5 atom stereocenters. The smallest absolute Gasteiger partial charge is 0.336 e. The van der Waals surface area contributed by atoms with E-state index in [9.17, 15) is 4.79 Å². The minimum atomic E-state index is -0.759. The molecule has 142 valence electrons. The number of rotatable bonds is 0. The summed E-state index contributed by atoms with van der Waals surface area (Å²) in [6, 6.07) is 0. The van der Waals surface area contributed by atoms with Crippen LogP contribution in [-0.2, 0) is 14.3 Å². The zero-order valence-corrected chi connectivity index (χ0v) is 16.2. The molecule has 0 aromatic carbocycles. The molecule has 26 heavy (non-hydrogen) atoms. The third kappa shape index (κ3) is 3.15. The summed E-state index contributed by atoms with van der Waals surface area (Å²) in [5.41, 5.74) is 1.91. The molecule has 3 heterocycles. The number of allylic oxidation sites excluding steroid dienone is 3. The Hall–Kier alpha value is -1.49. The van der Waals surface area contributed by atoms with Crippen LogP contribution in [0.15, 0.2) is 33.5 Å². The van der Waals surface area contributed by atoms with Gasteiger partial charge in [-0.15, -0.1) is 0 Å². The largest absolute Gasteiger partial charge is 0.460 e. The van der Waals surface area contributed by atoms with E-state index in [0.29, 0.717) is 13.0 Å². The first-order valence-electron chi connectivity index (χ1n) is 10.0. The van der Waals surface area contributed by atoms with Gasteiger partial charge in [0.25, 0.3) is 0 Å². The van der Waals surface area contributed by atoms with Crippen molar-refractivity contribution in [2.24, 2.45) is 16.1 Å². The Balaban J connectivity index is 1.60. The van der Waals surface area contributed by atoms with E-state index in [0.717, 1.165) is 38.5 Å². The van der Waals surface area contributed by atoms with Gasteiger partial charge in [0.1, 0.15) is 6.10 Å². The van der Waals surface area contributed by atoms with E-state index in [2.05, 4.69) is 43.2 Å². The van der Waals surface area contributed by atoms with E-state index in [1.54, 1.807) is 0 Å². The highest BCUT2D eigenvalue weighted by Crippen LogP contribution is 2.51. The van der Waals surface area contributed by atoms with Crippen LogP contribution in [0.1, 0.15) is 65.7 Å². The average molecular weight is 358 g/mol. The molecule has 0 radical (unpaired) electrons. The monoisotopic (exact) mass is 358 g/mol. The summed E-state index contributed by atoms with van der Waals surface area (Å²) >= 11 is 0. The van der Waals surface area contributed by atoms with Crippen LogP contribution in [-0.4, -0.2) is 35.9 Å². The maximum absolute atomic E-state index is 12.7. The van der Waals surface area contributed by atoms with Crippen LogP contribution in [0.25, 0.3) is 0 Å². The molecule has 1 aliphatic carbocycles. The minimum Gasteiger partial charge on any atom is -0.460 e. The molecule has 4 aliphatic rings. The van der Waals surface area contributed by atoms with E-state index in [1.165, 1.54) is 11.1 Å². The van der Waals surface area contributed by atoms with Crippen LogP contribution in [0.4, 0.5) is 0 Å². The molecular weight excluding hydrogens is 328 g/mol. The Morgan fingerprint density at radius 2 is 1.96 bits per heavy atom. The van der Waals surface area contributed by atoms with Crippen molar-refractivity contribution in [1.82, 2.24) is 0 Å². The van der Waals surface area contributed by atoms with Crippen LogP contribution in [0, 0.1) is 5.92 Å². The molecule has 1 unspecified atom stereocenters. The van der Waals surface area contributed by atoms with Gasteiger partial charge in [-0.3, -0.25) is 0 Å². The number of esters is 1. The number of azo groups is 1. The Kier molecular flexibility index (Phi) is 4.54. The highest BCUT2D eigenvalue weighted by molar-refractivity contribution is 5.84. The second-order valence-electron chi connectivity index (χ2n) is 8.73. The Morgan fingerprint density at radius 1 is 1.15 bits per heavy atom. The summed E-state index contributed by atoms with van der Waals surface area (Å²) in [4.78, 5) is 12.7. The summed E-state index contributed by atoms with van der Waals surface area (Å²) in [5, 5.41) is 8.57. The first-order chi connectivity index (χ1) is 12.4. The van der Waals surface area contributed by atoms with Crippen molar-refractivity contribution in [2.75, 3.05) is 6.54 Å². The fraction of sp³-hybridized carbons (Fsp3) is 0.762. The van der Waals surface area contributed by atoms with Crippen LogP contribution < -0.4 is 0 Å². The zero-order chi connectivity index (χ0) is 18.4. The number of fused-ring (bicyclic) bond motifs is 3. The fourth-order valence-electron chi connectivity index (χ4n) is 4.85. The van der Waals surface area contributed by atoms with Crippen LogP contribution in [0.2, 0.25) is 0 Å². The molecule has 1 spiro atoms. The number of epoxide rings is 1. The first kappa shape index (κ1) is 17.9. The SMILES string of the molecule is C/C1=C\CC[C@@]2(C)O[C@H]2C[C@@H]2[C@H](C/C(C)=C/CC1)OC(=O)C21CCN=N1. The van der Waals surface area contributed by atoms with Crippen molar-refractivity contribution in [1.29, 1.82) is 0 Å². The van der Waals surface area contributed by atoms with Crippen LogP contribution in [0.5, 0.6) is 0 Å². The van der Waals surface area contributed by atoms with E-state index in [4.69, 9.17) is 9.47 Å². The van der Waals surface area contributed by atoms with Gasteiger partial charge in [-0.05, 0) is 52.9 Å². The van der Waals surface area contributed by atoms with Crippen molar-refractivity contribution in [2.45, 2.75) is 89.1 Å². The lowest BCUT2D eigenvalue weighted by Crippen LogP contribution is -2.40. The van der Waals surface area contributed by atoms with Crippen LogP contribution >= 0.6 is 0 Å².